The van der Waals surface area contributed by atoms with Crippen molar-refractivity contribution in [2.24, 2.45) is 5.92 Å². The van der Waals surface area contributed by atoms with E-state index in [1.54, 1.807) is 24.3 Å². The number of ether oxygens (including phenoxy) is 1. The Kier molecular flexibility index (Phi) is 7.00. The summed E-state index contributed by atoms with van der Waals surface area (Å²) < 4.78 is 5.76. The molecule has 1 aliphatic heterocycles. The molecule has 0 radical (unpaired) electrons. The Morgan fingerprint density at radius 3 is 2.41 bits per heavy atom. The molecular formula is C23H26N2O4. The number of para-hydroxylation sites is 1. The summed E-state index contributed by atoms with van der Waals surface area (Å²) in [6, 6.07) is 16.5. The molecule has 6 nitrogen and oxygen atoms in total. The molecular weight excluding hydrogens is 368 g/mol. The van der Waals surface area contributed by atoms with Gasteiger partial charge in [-0.25, -0.2) is 0 Å². The van der Waals surface area contributed by atoms with E-state index in [2.05, 4.69) is 5.32 Å². The molecule has 0 aliphatic carbocycles. The summed E-state index contributed by atoms with van der Waals surface area (Å²) in [4.78, 5) is 38.6. The van der Waals surface area contributed by atoms with Crippen LogP contribution in [0.15, 0.2) is 54.6 Å². The number of hydrogen-bond acceptors (Lipinski definition) is 4. The average molecular weight is 394 g/mol. The maximum Gasteiger partial charge on any atom is 0.311 e. The van der Waals surface area contributed by atoms with Gasteiger partial charge in [0.1, 0.15) is 11.5 Å². The number of carbonyl (C=O) groups excluding carboxylic acids is 3. The van der Waals surface area contributed by atoms with Crippen molar-refractivity contribution in [2.45, 2.75) is 26.2 Å². The molecule has 0 bridgehead atoms. The van der Waals surface area contributed by atoms with Crippen molar-refractivity contribution in [3.05, 3.63) is 60.2 Å². The summed E-state index contributed by atoms with van der Waals surface area (Å²) in [7, 11) is 0. The molecule has 1 aliphatic rings. The number of nitrogens with one attached hydrogen (secondary N) is 1. The normalized spacial score (nSPS) is 16.2. The van der Waals surface area contributed by atoms with Crippen LogP contribution in [0.5, 0.6) is 11.5 Å². The smallest absolute Gasteiger partial charge is 0.311 e. The molecule has 152 valence electrons. The fourth-order valence-electron chi connectivity index (χ4n) is 3.38. The third-order valence-electron chi connectivity index (χ3n) is 4.93. The van der Waals surface area contributed by atoms with Crippen LogP contribution >= 0.6 is 0 Å². The summed E-state index contributed by atoms with van der Waals surface area (Å²) in [5.41, 5.74) is 0.583. The Morgan fingerprint density at radius 2 is 1.72 bits per heavy atom. The zero-order chi connectivity index (χ0) is 20.6. The van der Waals surface area contributed by atoms with E-state index in [0.717, 1.165) is 12.2 Å². The van der Waals surface area contributed by atoms with Gasteiger partial charge in [-0.3, -0.25) is 14.4 Å². The lowest BCUT2D eigenvalue weighted by Crippen LogP contribution is -2.48. The van der Waals surface area contributed by atoms with E-state index in [4.69, 9.17) is 4.74 Å². The molecule has 1 fully saturated rings. The number of amides is 2. The first-order valence-electron chi connectivity index (χ1n) is 10.0. The van der Waals surface area contributed by atoms with Gasteiger partial charge in [0.05, 0.1) is 0 Å². The van der Waals surface area contributed by atoms with Crippen molar-refractivity contribution in [3.8, 4) is 11.5 Å². The predicted octanol–water partition coefficient (Wildman–Crippen LogP) is 3.43. The van der Waals surface area contributed by atoms with Crippen LogP contribution in [-0.4, -0.2) is 42.1 Å². The van der Waals surface area contributed by atoms with Crippen LogP contribution < -0.4 is 10.1 Å². The number of rotatable bonds is 6. The van der Waals surface area contributed by atoms with E-state index in [0.29, 0.717) is 37.2 Å². The summed E-state index contributed by atoms with van der Waals surface area (Å²) in [6.07, 6.45) is 2.18. The van der Waals surface area contributed by atoms with Gasteiger partial charge in [0.2, 0.25) is 0 Å². The van der Waals surface area contributed by atoms with Gasteiger partial charge in [-0.05, 0) is 55.7 Å². The van der Waals surface area contributed by atoms with Gasteiger partial charge in [0, 0.05) is 31.1 Å². The van der Waals surface area contributed by atoms with Gasteiger partial charge in [-0.1, -0.05) is 25.1 Å². The topological polar surface area (TPSA) is 75.7 Å². The van der Waals surface area contributed by atoms with E-state index in [9.17, 15) is 14.4 Å². The zero-order valence-corrected chi connectivity index (χ0v) is 16.6. The summed E-state index contributed by atoms with van der Waals surface area (Å²) in [5, 5.41) is 2.60. The fourth-order valence-corrected chi connectivity index (χ4v) is 3.38. The Morgan fingerprint density at radius 1 is 1.03 bits per heavy atom. The lowest BCUT2D eigenvalue weighted by atomic mass is 9.90. The second-order valence-electron chi connectivity index (χ2n) is 7.15. The van der Waals surface area contributed by atoms with Crippen molar-refractivity contribution in [1.82, 2.24) is 10.2 Å². The van der Waals surface area contributed by atoms with Crippen LogP contribution in [-0.2, 0) is 9.59 Å². The third-order valence-corrected chi connectivity index (χ3v) is 4.93. The van der Waals surface area contributed by atoms with Crippen LogP contribution in [0, 0.1) is 5.92 Å². The number of ketones is 1. The second kappa shape index (κ2) is 9.87. The fraction of sp³-hybridized carbons (Fsp3) is 0.348. The molecule has 1 unspecified atom stereocenters. The Hall–Kier alpha value is -3.15. The molecule has 2 amide bonds. The van der Waals surface area contributed by atoms with Crippen molar-refractivity contribution in [1.29, 1.82) is 0 Å². The van der Waals surface area contributed by atoms with Gasteiger partial charge in [0.15, 0.2) is 5.78 Å². The molecule has 1 N–H and O–H groups in total. The van der Waals surface area contributed by atoms with Crippen LogP contribution in [0.3, 0.4) is 0 Å². The predicted molar refractivity (Wildman–Crippen MR) is 110 cm³/mol. The molecule has 0 aromatic heterocycles. The number of piperidine rings is 1. The van der Waals surface area contributed by atoms with Crippen molar-refractivity contribution in [3.63, 3.8) is 0 Å². The van der Waals surface area contributed by atoms with E-state index < -0.39 is 11.8 Å². The highest BCUT2D eigenvalue weighted by Gasteiger charge is 2.31. The molecule has 2 aromatic carbocycles. The monoisotopic (exact) mass is 394 g/mol. The third kappa shape index (κ3) is 5.44. The van der Waals surface area contributed by atoms with E-state index >= 15 is 0 Å². The Bertz CT molecular complexity index is 849. The number of Topliss-reactive ketones (excluding diaryl/α,β-unsaturated/α-hetero) is 1. The first-order valence-corrected chi connectivity index (χ1v) is 10.0. The largest absolute Gasteiger partial charge is 0.457 e. The number of hydrogen-bond donors (Lipinski definition) is 1. The van der Waals surface area contributed by atoms with Crippen LogP contribution in [0.25, 0.3) is 0 Å². The minimum Gasteiger partial charge on any atom is -0.457 e. The van der Waals surface area contributed by atoms with Crippen LogP contribution in [0.2, 0.25) is 0 Å². The van der Waals surface area contributed by atoms with E-state index in [1.807, 2.05) is 37.3 Å². The molecule has 2 aromatic rings. The molecule has 1 heterocycles. The average Bonchev–Trinajstić information content (AvgIpc) is 2.77. The lowest BCUT2D eigenvalue weighted by Gasteiger charge is -2.31. The van der Waals surface area contributed by atoms with Gasteiger partial charge >= 0.3 is 11.8 Å². The second-order valence-corrected chi connectivity index (χ2v) is 7.15. The van der Waals surface area contributed by atoms with Gasteiger partial charge in [0.25, 0.3) is 0 Å². The maximum atomic E-state index is 12.9. The standard InChI is InChI=1S/C23H26N2O4/c1-2-14-24-22(27)23(28)25-15-6-7-18(16-25)21(26)17-10-12-20(13-11-17)29-19-8-4-3-5-9-19/h3-5,8-13,18H,2,6-7,14-16H2,1H3,(H,24,27). The molecule has 0 saturated carbocycles. The number of nitrogens with zero attached hydrogens (tertiary/aromatic N) is 1. The van der Waals surface area contributed by atoms with Crippen LogP contribution in [0.4, 0.5) is 0 Å². The van der Waals surface area contributed by atoms with Crippen molar-refractivity contribution >= 4 is 17.6 Å². The van der Waals surface area contributed by atoms with Gasteiger partial charge in [-0.15, -0.1) is 0 Å². The van der Waals surface area contributed by atoms with E-state index in [-0.39, 0.29) is 18.2 Å². The quantitative estimate of drug-likeness (QED) is 0.602. The molecule has 1 saturated heterocycles. The van der Waals surface area contributed by atoms with Crippen molar-refractivity contribution in [2.75, 3.05) is 19.6 Å². The highest BCUT2D eigenvalue weighted by atomic mass is 16.5. The molecule has 29 heavy (non-hydrogen) atoms. The molecule has 3 rings (SSSR count). The highest BCUT2D eigenvalue weighted by Crippen LogP contribution is 2.25. The first-order chi connectivity index (χ1) is 14.1. The summed E-state index contributed by atoms with van der Waals surface area (Å²) in [6.45, 7) is 3.18. The van der Waals surface area contributed by atoms with E-state index in [1.165, 1.54) is 4.90 Å². The van der Waals surface area contributed by atoms with Crippen molar-refractivity contribution < 1.29 is 19.1 Å². The van der Waals surface area contributed by atoms with Crippen LogP contribution in [0.1, 0.15) is 36.5 Å². The zero-order valence-electron chi connectivity index (χ0n) is 16.6. The minimum atomic E-state index is -0.595. The minimum absolute atomic E-state index is 0.0114. The Balaban J connectivity index is 1.60. The summed E-state index contributed by atoms with van der Waals surface area (Å²) >= 11 is 0. The molecule has 0 spiro atoms. The molecule has 6 heteroatoms. The SMILES string of the molecule is CCCNC(=O)C(=O)N1CCCC(C(=O)c2ccc(Oc3ccccc3)cc2)C1. The number of benzene rings is 2. The van der Waals surface area contributed by atoms with Gasteiger partial charge < -0.3 is 15.0 Å². The van der Waals surface area contributed by atoms with Gasteiger partial charge in [-0.2, -0.15) is 0 Å². The number of carbonyl (C=O) groups is 3. The highest BCUT2D eigenvalue weighted by molar-refractivity contribution is 6.35. The Labute approximate surface area is 170 Å². The maximum absolute atomic E-state index is 12.9. The number of likely N-dealkylation sites (tertiary alicyclic amines) is 1. The summed E-state index contributed by atoms with van der Waals surface area (Å²) in [5.74, 6) is -0.0737. The molecule has 1 atom stereocenters. The first kappa shape index (κ1) is 20.6. The lowest BCUT2D eigenvalue weighted by molar-refractivity contribution is -0.146.